The Labute approximate surface area is 200 Å². The van der Waals surface area contributed by atoms with Gasteiger partial charge in [0.15, 0.2) is 0 Å². The third-order valence-corrected chi connectivity index (χ3v) is 7.68. The first-order valence-electron chi connectivity index (χ1n) is 10.9. The van der Waals surface area contributed by atoms with E-state index in [9.17, 15) is 13.2 Å². The molecule has 0 bridgehead atoms. The molecule has 8 nitrogen and oxygen atoms in total. The van der Waals surface area contributed by atoms with Gasteiger partial charge in [0.2, 0.25) is 15.9 Å². The fourth-order valence-corrected chi connectivity index (χ4v) is 5.43. The second-order valence-corrected chi connectivity index (χ2v) is 9.92. The normalized spacial score (nSPS) is 14.7. The van der Waals surface area contributed by atoms with Crippen LogP contribution in [0.1, 0.15) is 19.4 Å². The molecule has 1 fully saturated rings. The zero-order valence-corrected chi connectivity index (χ0v) is 20.7. The van der Waals surface area contributed by atoms with E-state index in [2.05, 4.69) is 10.2 Å². The van der Waals surface area contributed by atoms with E-state index in [1.54, 1.807) is 30.3 Å². The minimum absolute atomic E-state index is 0.0296. The number of hydrogen-bond acceptors (Lipinski definition) is 6. The molecule has 1 N–H and O–H groups in total. The molecule has 1 heterocycles. The summed E-state index contributed by atoms with van der Waals surface area (Å²) >= 11 is 6.09. The van der Waals surface area contributed by atoms with Gasteiger partial charge in [0.05, 0.1) is 43.0 Å². The van der Waals surface area contributed by atoms with Crippen LogP contribution in [0.3, 0.4) is 0 Å². The molecule has 0 saturated carbocycles. The molecule has 1 aliphatic heterocycles. The summed E-state index contributed by atoms with van der Waals surface area (Å²) in [6.45, 7) is 6.75. The molecule has 0 atom stereocenters. The molecule has 0 spiro atoms. The lowest BCUT2D eigenvalue weighted by Gasteiger charge is -2.28. The van der Waals surface area contributed by atoms with Crippen molar-refractivity contribution in [3.63, 3.8) is 0 Å². The summed E-state index contributed by atoms with van der Waals surface area (Å²) in [5.74, 6) is 0.257. The fraction of sp³-hybridized carbons (Fsp3) is 0.435. The van der Waals surface area contributed by atoms with Crippen LogP contribution in [0, 0.1) is 0 Å². The van der Waals surface area contributed by atoms with Gasteiger partial charge in [0.1, 0.15) is 5.75 Å². The number of nitrogens with zero attached hydrogens (tertiary/aromatic N) is 2. The largest absolute Gasteiger partial charge is 0.496 e. The van der Waals surface area contributed by atoms with E-state index >= 15 is 0 Å². The number of rotatable bonds is 9. The first kappa shape index (κ1) is 25.3. The Morgan fingerprint density at radius 1 is 1.15 bits per heavy atom. The van der Waals surface area contributed by atoms with Crippen LogP contribution in [0.2, 0.25) is 5.02 Å². The Bertz CT molecular complexity index is 1080. The van der Waals surface area contributed by atoms with E-state index in [4.69, 9.17) is 21.1 Å². The summed E-state index contributed by atoms with van der Waals surface area (Å²) in [7, 11) is -2.17. The molecule has 10 heteroatoms. The summed E-state index contributed by atoms with van der Waals surface area (Å²) in [5.41, 5.74) is 1.84. The predicted molar refractivity (Wildman–Crippen MR) is 130 cm³/mol. The predicted octanol–water partition coefficient (Wildman–Crippen LogP) is 3.40. The number of sulfonamides is 1. The lowest BCUT2D eigenvalue weighted by Crippen LogP contribution is -2.40. The Morgan fingerprint density at radius 2 is 1.85 bits per heavy atom. The van der Waals surface area contributed by atoms with E-state index in [0.29, 0.717) is 61.4 Å². The van der Waals surface area contributed by atoms with Crippen LogP contribution >= 0.6 is 11.6 Å². The number of nitrogens with one attached hydrogen (secondary N) is 1. The molecule has 0 unspecified atom stereocenters. The average molecular weight is 496 g/mol. The van der Waals surface area contributed by atoms with Crippen LogP contribution < -0.4 is 15.0 Å². The molecule has 3 rings (SSSR count). The molecule has 1 aliphatic rings. The van der Waals surface area contributed by atoms with Gasteiger partial charge in [-0.05, 0) is 50.2 Å². The smallest absolute Gasteiger partial charge is 0.243 e. The minimum atomic E-state index is -3.71. The van der Waals surface area contributed by atoms with Crippen LogP contribution in [0.4, 0.5) is 11.4 Å². The van der Waals surface area contributed by atoms with Gasteiger partial charge in [-0.15, -0.1) is 0 Å². The van der Waals surface area contributed by atoms with Crippen molar-refractivity contribution in [1.82, 2.24) is 4.31 Å². The highest BCUT2D eigenvalue weighted by molar-refractivity contribution is 7.89. The Balaban J connectivity index is 1.93. The van der Waals surface area contributed by atoms with Gasteiger partial charge in [-0.1, -0.05) is 11.6 Å². The van der Waals surface area contributed by atoms with Gasteiger partial charge < -0.3 is 19.7 Å². The van der Waals surface area contributed by atoms with Crippen LogP contribution in [0.15, 0.2) is 41.3 Å². The van der Waals surface area contributed by atoms with Gasteiger partial charge in [0, 0.05) is 36.8 Å². The molecular formula is C23H30ClN3O5S. The van der Waals surface area contributed by atoms with Gasteiger partial charge >= 0.3 is 0 Å². The molecule has 2 aromatic carbocycles. The van der Waals surface area contributed by atoms with Crippen molar-refractivity contribution < 1.29 is 22.7 Å². The molecule has 1 amide bonds. The van der Waals surface area contributed by atoms with E-state index < -0.39 is 10.0 Å². The Morgan fingerprint density at radius 3 is 2.48 bits per heavy atom. The summed E-state index contributed by atoms with van der Waals surface area (Å²) in [6, 6.07) is 9.96. The highest BCUT2D eigenvalue weighted by atomic mass is 35.5. The zero-order valence-electron chi connectivity index (χ0n) is 19.1. The highest BCUT2D eigenvalue weighted by Crippen LogP contribution is 2.31. The molecule has 1 saturated heterocycles. The number of carbonyl (C=O) groups is 1. The standard InChI is InChI=1S/C23H30ClN3O5S/c1-4-26(5-2)21-8-7-19(33(29,30)27-10-12-32-13-11-27)16-20(21)25-23(28)15-17-14-18(24)6-9-22(17)31-3/h6-9,14,16H,4-5,10-13,15H2,1-3H3,(H,25,28). The van der Waals surface area contributed by atoms with Crippen LogP contribution in [0.5, 0.6) is 5.75 Å². The van der Waals surface area contributed by atoms with Crippen molar-refractivity contribution >= 4 is 38.9 Å². The van der Waals surface area contributed by atoms with E-state index in [0.717, 1.165) is 5.69 Å². The molecular weight excluding hydrogens is 466 g/mol. The quantitative estimate of drug-likeness (QED) is 0.573. The van der Waals surface area contributed by atoms with Crippen molar-refractivity contribution in [2.45, 2.75) is 25.2 Å². The van der Waals surface area contributed by atoms with Crippen LogP contribution in [-0.4, -0.2) is 65.1 Å². The first-order valence-corrected chi connectivity index (χ1v) is 12.7. The monoisotopic (exact) mass is 495 g/mol. The van der Waals surface area contributed by atoms with E-state index in [-0.39, 0.29) is 17.2 Å². The number of benzene rings is 2. The number of amides is 1. The first-order chi connectivity index (χ1) is 15.8. The summed E-state index contributed by atoms with van der Waals surface area (Å²) in [5, 5.41) is 3.41. The maximum Gasteiger partial charge on any atom is 0.243 e. The maximum absolute atomic E-state index is 13.2. The second kappa shape index (κ2) is 11.2. The fourth-order valence-electron chi connectivity index (χ4n) is 3.80. The van der Waals surface area contributed by atoms with Crippen molar-refractivity contribution in [3.8, 4) is 5.75 Å². The van der Waals surface area contributed by atoms with Gasteiger partial charge in [-0.2, -0.15) is 4.31 Å². The maximum atomic E-state index is 13.2. The molecule has 33 heavy (non-hydrogen) atoms. The second-order valence-electron chi connectivity index (χ2n) is 7.55. The lowest BCUT2D eigenvalue weighted by atomic mass is 10.1. The van der Waals surface area contributed by atoms with Crippen molar-refractivity contribution in [3.05, 3.63) is 47.0 Å². The number of morpholine rings is 1. The third-order valence-electron chi connectivity index (χ3n) is 5.55. The molecule has 0 aliphatic carbocycles. The van der Waals surface area contributed by atoms with Crippen LogP contribution in [-0.2, 0) is 26.0 Å². The van der Waals surface area contributed by atoms with Crippen molar-refractivity contribution in [2.75, 3.05) is 56.7 Å². The number of halogens is 1. The number of ether oxygens (including phenoxy) is 2. The van der Waals surface area contributed by atoms with Gasteiger partial charge in [-0.3, -0.25) is 4.79 Å². The highest BCUT2D eigenvalue weighted by Gasteiger charge is 2.27. The number of anilines is 2. The SMILES string of the molecule is CCN(CC)c1ccc(S(=O)(=O)N2CCOCC2)cc1NC(=O)Cc1cc(Cl)ccc1OC. The topological polar surface area (TPSA) is 88.2 Å². The zero-order chi connectivity index (χ0) is 24.0. The molecule has 0 radical (unpaired) electrons. The van der Waals surface area contributed by atoms with E-state index in [1.165, 1.54) is 17.5 Å². The lowest BCUT2D eigenvalue weighted by molar-refractivity contribution is -0.115. The van der Waals surface area contributed by atoms with Gasteiger partial charge in [0.25, 0.3) is 0 Å². The molecule has 2 aromatic rings. The van der Waals surface area contributed by atoms with Crippen LogP contribution in [0.25, 0.3) is 0 Å². The van der Waals surface area contributed by atoms with E-state index in [1.807, 2.05) is 13.8 Å². The summed E-state index contributed by atoms with van der Waals surface area (Å²) in [6.07, 6.45) is 0.0296. The summed E-state index contributed by atoms with van der Waals surface area (Å²) < 4.78 is 38.4. The Kier molecular flexibility index (Phi) is 8.58. The van der Waals surface area contributed by atoms with Crippen molar-refractivity contribution in [2.24, 2.45) is 0 Å². The van der Waals surface area contributed by atoms with Crippen molar-refractivity contribution in [1.29, 1.82) is 0 Å². The average Bonchev–Trinajstić information content (AvgIpc) is 2.81. The molecule has 0 aromatic heterocycles. The summed E-state index contributed by atoms with van der Waals surface area (Å²) in [4.78, 5) is 15.2. The third kappa shape index (κ3) is 5.97. The number of carbonyl (C=O) groups excluding carboxylic acids is 1. The molecule has 180 valence electrons. The minimum Gasteiger partial charge on any atom is -0.496 e. The Hall–Kier alpha value is -2.33. The van der Waals surface area contributed by atoms with Gasteiger partial charge in [-0.25, -0.2) is 8.42 Å². The number of methoxy groups -OCH3 is 1. The number of hydrogen-bond donors (Lipinski definition) is 1.